The maximum atomic E-state index is 14.5. The Hall–Kier alpha value is -4.50. The van der Waals surface area contributed by atoms with Gasteiger partial charge in [-0.05, 0) is 67.3 Å². The molecule has 1 saturated carbocycles. The van der Waals surface area contributed by atoms with Gasteiger partial charge in [0.05, 0.1) is 10.6 Å². The third-order valence-electron chi connectivity index (χ3n) is 8.42. The number of hydrogen-bond acceptors (Lipinski definition) is 4. The molecule has 0 radical (unpaired) electrons. The van der Waals surface area contributed by atoms with Gasteiger partial charge in [-0.3, -0.25) is 13.9 Å². The molecule has 240 valence electrons. The highest BCUT2D eigenvalue weighted by Crippen LogP contribution is 2.26. The lowest BCUT2D eigenvalue weighted by Gasteiger charge is -2.35. The van der Waals surface area contributed by atoms with Crippen molar-refractivity contribution in [1.82, 2.24) is 10.2 Å². The quantitative estimate of drug-likeness (QED) is 0.194. The van der Waals surface area contributed by atoms with E-state index >= 15 is 0 Å². The maximum Gasteiger partial charge on any atom is 0.264 e. The van der Waals surface area contributed by atoms with Gasteiger partial charge in [0.1, 0.15) is 18.4 Å². The molecule has 4 aromatic rings. The van der Waals surface area contributed by atoms with Crippen molar-refractivity contribution >= 4 is 27.5 Å². The summed E-state index contributed by atoms with van der Waals surface area (Å²) in [7, 11) is -4.24. The van der Waals surface area contributed by atoms with Crippen molar-refractivity contribution in [1.29, 1.82) is 0 Å². The summed E-state index contributed by atoms with van der Waals surface area (Å²) in [6, 6.07) is 29.1. The first-order chi connectivity index (χ1) is 22.2. The first-order valence-electron chi connectivity index (χ1n) is 15.7. The van der Waals surface area contributed by atoms with Crippen molar-refractivity contribution in [2.24, 2.45) is 0 Å². The molecule has 0 aliphatic heterocycles. The number of sulfonamides is 1. The summed E-state index contributed by atoms with van der Waals surface area (Å²) < 4.78 is 43.0. The van der Waals surface area contributed by atoms with E-state index in [2.05, 4.69) is 5.32 Å². The highest BCUT2D eigenvalue weighted by atomic mass is 32.2. The standard InChI is InChI=1S/C37H40FN3O4S/c1-28-17-19-30(20-18-28)26-40(35(25-29-11-5-2-6-12-29)37(43)39-32-13-7-3-8-14-32)36(42)27-41(33-23-21-31(38)22-24-33)46(44,45)34-15-9-4-10-16-34/h2,4-6,9-12,15-24,32,35H,3,7-8,13-14,25-27H2,1H3,(H,39,43). The molecule has 0 heterocycles. The molecular formula is C37H40FN3O4S. The summed E-state index contributed by atoms with van der Waals surface area (Å²) in [5.74, 6) is -1.35. The number of halogens is 1. The fraction of sp³-hybridized carbons (Fsp3) is 0.297. The lowest BCUT2D eigenvalue weighted by molar-refractivity contribution is -0.140. The van der Waals surface area contributed by atoms with Gasteiger partial charge in [-0.25, -0.2) is 12.8 Å². The summed E-state index contributed by atoms with van der Waals surface area (Å²) in [6.07, 6.45) is 5.20. The normalized spacial score (nSPS) is 14.3. The molecule has 1 aliphatic rings. The summed E-state index contributed by atoms with van der Waals surface area (Å²) >= 11 is 0. The van der Waals surface area contributed by atoms with Crippen LogP contribution >= 0.6 is 0 Å². The van der Waals surface area contributed by atoms with Crippen LogP contribution in [0.15, 0.2) is 114 Å². The van der Waals surface area contributed by atoms with E-state index in [0.29, 0.717) is 0 Å². The van der Waals surface area contributed by atoms with E-state index < -0.39 is 34.3 Å². The number of nitrogens with one attached hydrogen (secondary N) is 1. The summed E-state index contributed by atoms with van der Waals surface area (Å²) in [6.45, 7) is 1.48. The number of rotatable bonds is 12. The van der Waals surface area contributed by atoms with Gasteiger partial charge in [0.2, 0.25) is 11.8 Å². The highest BCUT2D eigenvalue weighted by Gasteiger charge is 2.35. The Morgan fingerprint density at radius 1 is 0.804 bits per heavy atom. The minimum Gasteiger partial charge on any atom is -0.352 e. The van der Waals surface area contributed by atoms with E-state index in [9.17, 15) is 22.4 Å². The van der Waals surface area contributed by atoms with Crippen LogP contribution in [0.2, 0.25) is 0 Å². The number of aryl methyl sites for hydroxylation is 1. The number of carbonyl (C=O) groups is 2. The molecule has 9 heteroatoms. The Morgan fingerprint density at radius 2 is 1.41 bits per heavy atom. The highest BCUT2D eigenvalue weighted by molar-refractivity contribution is 7.92. The van der Waals surface area contributed by atoms with Crippen LogP contribution in [-0.4, -0.2) is 43.8 Å². The van der Waals surface area contributed by atoms with Crippen LogP contribution < -0.4 is 9.62 Å². The summed E-state index contributed by atoms with van der Waals surface area (Å²) in [5, 5.41) is 3.21. The van der Waals surface area contributed by atoms with E-state index in [-0.39, 0.29) is 35.5 Å². The molecule has 0 spiro atoms. The molecule has 4 aromatic carbocycles. The van der Waals surface area contributed by atoms with Crippen molar-refractivity contribution < 1.29 is 22.4 Å². The fourth-order valence-corrected chi connectivity index (χ4v) is 7.28. The second-order valence-corrected chi connectivity index (χ2v) is 13.7. The van der Waals surface area contributed by atoms with Gasteiger partial charge in [0, 0.05) is 19.0 Å². The smallest absolute Gasteiger partial charge is 0.264 e. The molecule has 1 aliphatic carbocycles. The van der Waals surface area contributed by atoms with Crippen LogP contribution in [0.25, 0.3) is 0 Å². The zero-order valence-corrected chi connectivity index (χ0v) is 26.8. The first-order valence-corrected chi connectivity index (χ1v) is 17.2. The van der Waals surface area contributed by atoms with Gasteiger partial charge in [-0.15, -0.1) is 0 Å². The lowest BCUT2D eigenvalue weighted by Crippen LogP contribution is -2.55. The Labute approximate surface area is 271 Å². The molecule has 1 unspecified atom stereocenters. The molecule has 5 rings (SSSR count). The Balaban J connectivity index is 1.55. The van der Waals surface area contributed by atoms with Gasteiger partial charge in [0.15, 0.2) is 0 Å². The molecule has 2 amide bonds. The van der Waals surface area contributed by atoms with Crippen molar-refractivity contribution in [2.75, 3.05) is 10.8 Å². The van der Waals surface area contributed by atoms with Crippen LogP contribution in [0.3, 0.4) is 0 Å². The third-order valence-corrected chi connectivity index (χ3v) is 10.2. The number of anilines is 1. The van der Waals surface area contributed by atoms with E-state index in [1.165, 1.54) is 29.2 Å². The van der Waals surface area contributed by atoms with Crippen LogP contribution in [0.5, 0.6) is 0 Å². The third kappa shape index (κ3) is 8.40. The second kappa shape index (κ2) is 15.2. The number of hydrogen-bond donors (Lipinski definition) is 1. The number of amides is 2. The van der Waals surface area contributed by atoms with Gasteiger partial charge in [-0.2, -0.15) is 0 Å². The van der Waals surface area contributed by atoms with Crippen LogP contribution in [-0.2, 0) is 32.6 Å². The minimum absolute atomic E-state index is 0.00640. The van der Waals surface area contributed by atoms with Gasteiger partial charge in [-0.1, -0.05) is 97.6 Å². The van der Waals surface area contributed by atoms with Crippen molar-refractivity contribution in [3.05, 3.63) is 132 Å². The molecule has 1 atom stereocenters. The number of benzene rings is 4. The molecular weight excluding hydrogens is 601 g/mol. The van der Waals surface area contributed by atoms with Crippen molar-refractivity contribution in [3.8, 4) is 0 Å². The topological polar surface area (TPSA) is 86.8 Å². The SMILES string of the molecule is Cc1ccc(CN(C(=O)CN(c2ccc(F)cc2)S(=O)(=O)c2ccccc2)C(Cc2ccccc2)C(=O)NC2CCCCC2)cc1. The van der Waals surface area contributed by atoms with E-state index in [1.54, 1.807) is 18.2 Å². The lowest BCUT2D eigenvalue weighted by atomic mass is 9.94. The van der Waals surface area contributed by atoms with Gasteiger partial charge in [0.25, 0.3) is 10.0 Å². The zero-order chi connectivity index (χ0) is 32.5. The van der Waals surface area contributed by atoms with E-state index in [0.717, 1.165) is 65.2 Å². The molecule has 0 saturated heterocycles. The zero-order valence-electron chi connectivity index (χ0n) is 26.0. The fourth-order valence-electron chi connectivity index (χ4n) is 5.84. The van der Waals surface area contributed by atoms with Crippen LogP contribution in [0.1, 0.15) is 48.8 Å². The molecule has 0 aromatic heterocycles. The molecule has 1 N–H and O–H groups in total. The molecule has 7 nitrogen and oxygen atoms in total. The van der Waals surface area contributed by atoms with Crippen LogP contribution in [0, 0.1) is 12.7 Å². The van der Waals surface area contributed by atoms with E-state index in [4.69, 9.17) is 0 Å². The van der Waals surface area contributed by atoms with Crippen molar-refractivity contribution in [2.45, 2.75) is 69.0 Å². The minimum atomic E-state index is -4.24. The number of carbonyl (C=O) groups excluding carboxylic acids is 2. The molecule has 46 heavy (non-hydrogen) atoms. The first kappa shape index (κ1) is 32.9. The summed E-state index contributed by atoms with van der Waals surface area (Å²) in [4.78, 5) is 30.2. The second-order valence-electron chi connectivity index (χ2n) is 11.9. The van der Waals surface area contributed by atoms with Crippen molar-refractivity contribution in [3.63, 3.8) is 0 Å². The van der Waals surface area contributed by atoms with E-state index in [1.807, 2.05) is 61.5 Å². The average molecular weight is 642 g/mol. The number of nitrogens with zero attached hydrogens (tertiary/aromatic N) is 2. The predicted molar refractivity (Wildman–Crippen MR) is 178 cm³/mol. The Kier molecular flexibility index (Phi) is 10.9. The Bertz CT molecular complexity index is 1690. The van der Waals surface area contributed by atoms with Gasteiger partial charge >= 0.3 is 0 Å². The largest absolute Gasteiger partial charge is 0.352 e. The van der Waals surface area contributed by atoms with Crippen LogP contribution in [0.4, 0.5) is 10.1 Å². The summed E-state index contributed by atoms with van der Waals surface area (Å²) in [5.41, 5.74) is 2.87. The molecule has 1 fully saturated rings. The Morgan fingerprint density at radius 3 is 2.04 bits per heavy atom. The predicted octanol–water partition coefficient (Wildman–Crippen LogP) is 6.42. The van der Waals surface area contributed by atoms with Gasteiger partial charge < -0.3 is 10.2 Å². The monoisotopic (exact) mass is 641 g/mol. The average Bonchev–Trinajstić information content (AvgIpc) is 3.07. The maximum absolute atomic E-state index is 14.5. The molecule has 0 bridgehead atoms.